The van der Waals surface area contributed by atoms with Crippen molar-refractivity contribution in [3.8, 4) is 5.75 Å². The summed E-state index contributed by atoms with van der Waals surface area (Å²) >= 11 is 0. The van der Waals surface area contributed by atoms with Gasteiger partial charge in [-0.2, -0.15) is 0 Å². The van der Waals surface area contributed by atoms with Gasteiger partial charge in [0.2, 0.25) is 0 Å². The van der Waals surface area contributed by atoms with Crippen LogP contribution in [0, 0.1) is 0 Å². The Morgan fingerprint density at radius 2 is 2.00 bits per heavy atom. The number of hydrogen-bond acceptors (Lipinski definition) is 5. The van der Waals surface area contributed by atoms with Crippen LogP contribution in [0.15, 0.2) is 54.9 Å². The van der Waals surface area contributed by atoms with Gasteiger partial charge in [0.15, 0.2) is 0 Å². The zero-order valence-corrected chi connectivity index (χ0v) is 13.3. The van der Waals surface area contributed by atoms with E-state index < -0.39 is 5.60 Å². The molecule has 3 rings (SSSR count). The van der Waals surface area contributed by atoms with Crippen molar-refractivity contribution in [3.05, 3.63) is 60.4 Å². The second kappa shape index (κ2) is 7.42. The minimum absolute atomic E-state index is 0.0527. The van der Waals surface area contributed by atoms with E-state index in [9.17, 15) is 9.90 Å². The van der Waals surface area contributed by atoms with Gasteiger partial charge in [-0.3, -0.25) is 9.78 Å². The van der Waals surface area contributed by atoms with Crippen LogP contribution in [-0.4, -0.2) is 59.4 Å². The maximum Gasteiger partial charge on any atom is 0.254 e. The van der Waals surface area contributed by atoms with Crippen molar-refractivity contribution in [2.75, 3.05) is 32.9 Å². The number of carbonyl (C=O) groups is 1. The van der Waals surface area contributed by atoms with Gasteiger partial charge in [0, 0.05) is 24.5 Å². The van der Waals surface area contributed by atoms with Gasteiger partial charge in [0.25, 0.3) is 5.91 Å². The van der Waals surface area contributed by atoms with Crippen molar-refractivity contribution >= 4 is 5.91 Å². The number of amides is 1. The minimum atomic E-state index is -1.25. The van der Waals surface area contributed by atoms with Crippen LogP contribution < -0.4 is 4.74 Å². The first kappa shape index (κ1) is 16.4. The molecule has 6 nitrogen and oxygen atoms in total. The molecule has 2 aromatic rings. The molecule has 1 aliphatic heterocycles. The number of aliphatic hydroxyl groups is 1. The van der Waals surface area contributed by atoms with Crippen LogP contribution in [0.25, 0.3) is 0 Å². The van der Waals surface area contributed by atoms with Crippen molar-refractivity contribution in [2.24, 2.45) is 0 Å². The summed E-state index contributed by atoms with van der Waals surface area (Å²) in [6.45, 7) is 1.14. The quantitative estimate of drug-likeness (QED) is 0.918. The summed E-state index contributed by atoms with van der Waals surface area (Å²) in [6, 6.07) is 12.6. The maximum absolute atomic E-state index is 12.6. The Balaban J connectivity index is 1.68. The molecule has 6 heteroatoms. The highest BCUT2D eigenvalue weighted by Crippen LogP contribution is 2.18. The number of ether oxygens (including phenoxy) is 2. The van der Waals surface area contributed by atoms with E-state index in [1.807, 2.05) is 30.3 Å². The van der Waals surface area contributed by atoms with E-state index >= 15 is 0 Å². The fourth-order valence-corrected chi connectivity index (χ4v) is 2.59. The Hall–Kier alpha value is -2.44. The van der Waals surface area contributed by atoms with Crippen molar-refractivity contribution in [3.63, 3.8) is 0 Å². The molecule has 1 saturated heterocycles. The zero-order chi connectivity index (χ0) is 16.8. The van der Waals surface area contributed by atoms with Gasteiger partial charge in [0.05, 0.1) is 19.8 Å². The summed E-state index contributed by atoms with van der Waals surface area (Å²) in [7, 11) is 0. The number of para-hydroxylation sites is 1. The number of carbonyl (C=O) groups excluding carboxylic acids is 1. The largest absolute Gasteiger partial charge is 0.490 e. The first-order valence-electron chi connectivity index (χ1n) is 7.84. The van der Waals surface area contributed by atoms with Crippen molar-refractivity contribution in [1.82, 2.24) is 9.88 Å². The second-order valence-corrected chi connectivity index (χ2v) is 5.84. The molecule has 1 atom stereocenters. The molecule has 0 saturated carbocycles. The van der Waals surface area contributed by atoms with Gasteiger partial charge >= 0.3 is 0 Å². The van der Waals surface area contributed by atoms with E-state index in [4.69, 9.17) is 9.47 Å². The fraction of sp³-hybridized carbons (Fsp3) is 0.333. The molecular formula is C18H20N2O4. The molecule has 0 spiro atoms. The van der Waals surface area contributed by atoms with Crippen LogP contribution >= 0.6 is 0 Å². The lowest BCUT2D eigenvalue weighted by atomic mass is 10.1. The second-order valence-electron chi connectivity index (χ2n) is 5.84. The predicted octanol–water partition coefficient (Wildman–Crippen LogP) is 1.36. The van der Waals surface area contributed by atoms with Crippen LogP contribution in [-0.2, 0) is 4.74 Å². The molecule has 24 heavy (non-hydrogen) atoms. The lowest BCUT2D eigenvalue weighted by Crippen LogP contribution is -2.50. The molecule has 1 aromatic heterocycles. The topological polar surface area (TPSA) is 71.9 Å². The normalized spacial score (nSPS) is 21.1. The van der Waals surface area contributed by atoms with Crippen LogP contribution in [0.3, 0.4) is 0 Å². The van der Waals surface area contributed by atoms with Crippen LogP contribution in [0.2, 0.25) is 0 Å². The van der Waals surface area contributed by atoms with E-state index in [2.05, 4.69) is 4.98 Å². The monoisotopic (exact) mass is 328 g/mol. The standard InChI is InChI=1S/C18H20N2O4/c21-17(15-6-8-19-9-7-15)20-10-11-23-13-18(22,12-20)14-24-16-4-2-1-3-5-16/h1-9,22H,10-14H2. The number of pyridine rings is 1. The van der Waals surface area contributed by atoms with E-state index in [1.165, 1.54) is 0 Å². The van der Waals surface area contributed by atoms with Crippen molar-refractivity contribution in [1.29, 1.82) is 0 Å². The number of nitrogens with zero attached hydrogens (tertiary/aromatic N) is 2. The Labute approximate surface area is 140 Å². The molecule has 1 fully saturated rings. The maximum atomic E-state index is 12.6. The van der Waals surface area contributed by atoms with Crippen LogP contribution in [0.4, 0.5) is 0 Å². The first-order chi connectivity index (χ1) is 11.7. The summed E-state index contributed by atoms with van der Waals surface area (Å²) in [6.07, 6.45) is 3.15. The smallest absolute Gasteiger partial charge is 0.254 e. The summed E-state index contributed by atoms with van der Waals surface area (Å²) in [4.78, 5) is 18.1. The Kier molecular flexibility index (Phi) is 5.08. The lowest BCUT2D eigenvalue weighted by molar-refractivity contribution is -0.0621. The highest BCUT2D eigenvalue weighted by molar-refractivity contribution is 5.94. The highest BCUT2D eigenvalue weighted by Gasteiger charge is 2.35. The third-order valence-corrected chi connectivity index (χ3v) is 3.83. The molecule has 1 aliphatic rings. The van der Waals surface area contributed by atoms with E-state index in [0.717, 1.165) is 0 Å². The third kappa shape index (κ3) is 4.10. The molecule has 1 amide bonds. The first-order valence-corrected chi connectivity index (χ1v) is 7.84. The molecule has 1 N–H and O–H groups in total. The summed E-state index contributed by atoms with van der Waals surface area (Å²) in [5.41, 5.74) is -0.715. The van der Waals surface area contributed by atoms with Crippen LogP contribution in [0.5, 0.6) is 5.75 Å². The number of β-amino-alcohol motifs (C(OH)–C–C–N with tert-alkyl or cyclic N) is 1. The molecule has 0 radical (unpaired) electrons. The van der Waals surface area contributed by atoms with Crippen LogP contribution in [0.1, 0.15) is 10.4 Å². The fourth-order valence-electron chi connectivity index (χ4n) is 2.59. The number of rotatable bonds is 4. The number of hydrogen-bond donors (Lipinski definition) is 1. The van der Waals surface area contributed by atoms with Gasteiger partial charge in [-0.15, -0.1) is 0 Å². The van der Waals surface area contributed by atoms with E-state index in [-0.39, 0.29) is 25.7 Å². The Morgan fingerprint density at radius 1 is 1.25 bits per heavy atom. The van der Waals surface area contributed by atoms with Crippen molar-refractivity contribution < 1.29 is 19.4 Å². The average molecular weight is 328 g/mol. The lowest BCUT2D eigenvalue weighted by Gasteiger charge is -2.30. The predicted molar refractivity (Wildman–Crippen MR) is 87.8 cm³/mol. The average Bonchev–Trinajstić information content (AvgIpc) is 2.83. The van der Waals surface area contributed by atoms with Gasteiger partial charge in [0.1, 0.15) is 18.0 Å². The molecule has 1 unspecified atom stereocenters. The number of aromatic nitrogens is 1. The summed E-state index contributed by atoms with van der Waals surface area (Å²) in [5, 5.41) is 10.8. The van der Waals surface area contributed by atoms with E-state index in [0.29, 0.717) is 24.5 Å². The molecule has 126 valence electrons. The molecular weight excluding hydrogens is 308 g/mol. The summed E-state index contributed by atoms with van der Waals surface area (Å²) < 4.78 is 11.1. The van der Waals surface area contributed by atoms with Gasteiger partial charge in [-0.05, 0) is 24.3 Å². The Bertz CT molecular complexity index is 665. The molecule has 1 aromatic carbocycles. The van der Waals surface area contributed by atoms with Gasteiger partial charge < -0.3 is 19.5 Å². The zero-order valence-electron chi connectivity index (χ0n) is 13.3. The van der Waals surface area contributed by atoms with Gasteiger partial charge in [-0.25, -0.2) is 0 Å². The Morgan fingerprint density at radius 3 is 2.75 bits per heavy atom. The van der Waals surface area contributed by atoms with Crippen molar-refractivity contribution in [2.45, 2.75) is 5.60 Å². The molecule has 2 heterocycles. The minimum Gasteiger partial charge on any atom is -0.490 e. The third-order valence-electron chi connectivity index (χ3n) is 3.83. The number of benzene rings is 1. The SMILES string of the molecule is O=C(c1ccncc1)N1CCOCC(O)(COc2ccccc2)C1. The van der Waals surface area contributed by atoms with Gasteiger partial charge in [-0.1, -0.05) is 18.2 Å². The summed E-state index contributed by atoms with van der Waals surface area (Å²) in [5.74, 6) is 0.517. The molecule has 0 aliphatic carbocycles. The highest BCUT2D eigenvalue weighted by atomic mass is 16.5. The van der Waals surface area contributed by atoms with E-state index in [1.54, 1.807) is 29.4 Å². The molecule has 0 bridgehead atoms.